The van der Waals surface area contributed by atoms with Crippen molar-refractivity contribution in [2.75, 3.05) is 7.11 Å². The molecule has 3 aromatic carbocycles. The molecule has 0 spiro atoms. The van der Waals surface area contributed by atoms with Crippen molar-refractivity contribution in [1.29, 1.82) is 0 Å². The number of carbonyl (C=O) groups excluding carboxylic acids is 4. The van der Waals surface area contributed by atoms with Crippen LogP contribution in [0.5, 0.6) is 5.75 Å². The molecule has 0 radical (unpaired) electrons. The van der Waals surface area contributed by atoms with Gasteiger partial charge >= 0.3 is 0 Å². The highest BCUT2D eigenvalue weighted by Crippen LogP contribution is 2.22. The predicted molar refractivity (Wildman–Crippen MR) is 149 cm³/mol. The summed E-state index contributed by atoms with van der Waals surface area (Å²) >= 11 is 0. The fourth-order valence-corrected chi connectivity index (χ4v) is 3.56. The van der Waals surface area contributed by atoms with Gasteiger partial charge in [-0.2, -0.15) is 0 Å². The van der Waals surface area contributed by atoms with Crippen molar-refractivity contribution in [1.82, 2.24) is 21.7 Å². The number of benzene rings is 3. The molecule has 0 unspecified atom stereocenters. The van der Waals surface area contributed by atoms with Crippen LogP contribution in [0.15, 0.2) is 73.3 Å². The zero-order valence-corrected chi connectivity index (χ0v) is 22.6. The Labute approximate surface area is 227 Å². The lowest BCUT2D eigenvalue weighted by atomic mass is 9.87. The summed E-state index contributed by atoms with van der Waals surface area (Å²) in [4.78, 5) is 50.1. The van der Waals surface area contributed by atoms with E-state index < -0.39 is 23.6 Å². The largest absolute Gasteiger partial charge is 0.496 e. The average Bonchev–Trinajstić information content (AvgIpc) is 2.93. The van der Waals surface area contributed by atoms with Crippen molar-refractivity contribution in [3.8, 4) is 5.75 Å². The summed E-state index contributed by atoms with van der Waals surface area (Å²) in [6.45, 7) is 11.9. The molecule has 0 aliphatic carbocycles. The zero-order chi connectivity index (χ0) is 28.7. The van der Waals surface area contributed by atoms with Gasteiger partial charge in [0.2, 0.25) is 0 Å². The minimum atomic E-state index is -0.634. The zero-order valence-electron chi connectivity index (χ0n) is 22.6. The van der Waals surface area contributed by atoms with E-state index in [1.54, 1.807) is 36.4 Å². The van der Waals surface area contributed by atoms with Crippen LogP contribution in [0, 0.1) is 0 Å². The molecule has 9 nitrogen and oxygen atoms in total. The van der Waals surface area contributed by atoms with Gasteiger partial charge in [0.25, 0.3) is 23.6 Å². The molecule has 0 atom stereocenters. The van der Waals surface area contributed by atoms with E-state index in [4.69, 9.17) is 4.74 Å². The van der Waals surface area contributed by atoms with Crippen LogP contribution >= 0.6 is 0 Å². The fraction of sp³-hybridized carbons (Fsp3) is 0.200. The molecule has 3 aromatic rings. The van der Waals surface area contributed by atoms with Crippen LogP contribution in [0.25, 0.3) is 5.57 Å². The monoisotopic (exact) mass is 528 g/mol. The van der Waals surface area contributed by atoms with Gasteiger partial charge in [-0.25, -0.2) is 0 Å². The topological polar surface area (TPSA) is 126 Å². The first-order chi connectivity index (χ1) is 18.4. The first-order valence-corrected chi connectivity index (χ1v) is 12.2. The van der Waals surface area contributed by atoms with Crippen LogP contribution in [-0.4, -0.2) is 30.7 Å². The van der Waals surface area contributed by atoms with Crippen LogP contribution in [0.3, 0.4) is 0 Å². The van der Waals surface area contributed by atoms with Gasteiger partial charge in [0.15, 0.2) is 0 Å². The highest BCUT2D eigenvalue weighted by molar-refractivity contribution is 6.03. The van der Waals surface area contributed by atoms with Crippen molar-refractivity contribution in [2.45, 2.75) is 33.1 Å². The van der Waals surface area contributed by atoms with E-state index in [1.165, 1.54) is 25.3 Å². The Balaban J connectivity index is 1.60. The van der Waals surface area contributed by atoms with E-state index in [0.717, 1.165) is 16.7 Å². The standard InChI is InChI=1S/C30H32N4O5/c1-18(2)19-7-9-20(10-8-19)26(35)31-33-28(37)22-13-16-24(25(17-22)39-6)29(38)34-32-27(36)21-11-14-23(15-12-21)30(3,4)5/h7-17H,1H2,2-6H3,(H,31,35)(H,32,36)(H,33,37)(H,34,38). The number of rotatable bonds is 6. The molecular weight excluding hydrogens is 496 g/mol. The number of amides is 4. The molecule has 39 heavy (non-hydrogen) atoms. The van der Waals surface area contributed by atoms with Crippen LogP contribution in [-0.2, 0) is 5.41 Å². The van der Waals surface area contributed by atoms with E-state index in [9.17, 15) is 19.2 Å². The summed E-state index contributed by atoms with van der Waals surface area (Å²) in [5.41, 5.74) is 13.2. The van der Waals surface area contributed by atoms with Crippen LogP contribution in [0.1, 0.15) is 80.3 Å². The second kappa shape index (κ2) is 12.1. The maximum absolute atomic E-state index is 12.7. The molecule has 9 heteroatoms. The Bertz CT molecular complexity index is 1400. The maximum atomic E-state index is 12.7. The maximum Gasteiger partial charge on any atom is 0.273 e. The molecule has 0 saturated heterocycles. The third kappa shape index (κ3) is 7.32. The Morgan fingerprint density at radius 2 is 1.05 bits per heavy atom. The smallest absolute Gasteiger partial charge is 0.273 e. The summed E-state index contributed by atoms with van der Waals surface area (Å²) in [6, 6.07) is 18.0. The second-order valence-corrected chi connectivity index (χ2v) is 9.92. The lowest BCUT2D eigenvalue weighted by Crippen LogP contribution is -2.42. The molecular formula is C30H32N4O5. The number of hydrogen-bond donors (Lipinski definition) is 4. The summed E-state index contributed by atoms with van der Waals surface area (Å²) < 4.78 is 5.27. The summed E-state index contributed by atoms with van der Waals surface area (Å²) in [6.07, 6.45) is 0. The molecule has 4 amide bonds. The van der Waals surface area contributed by atoms with E-state index in [0.29, 0.717) is 11.1 Å². The number of methoxy groups -OCH3 is 1. The van der Waals surface area contributed by atoms with E-state index in [-0.39, 0.29) is 22.3 Å². The summed E-state index contributed by atoms with van der Waals surface area (Å²) in [7, 11) is 1.35. The lowest BCUT2D eigenvalue weighted by Gasteiger charge is -2.19. The minimum Gasteiger partial charge on any atom is -0.496 e. The van der Waals surface area contributed by atoms with Crippen LogP contribution in [0.4, 0.5) is 0 Å². The van der Waals surface area contributed by atoms with Crippen molar-refractivity contribution in [3.05, 3.63) is 107 Å². The first kappa shape index (κ1) is 28.6. The number of carbonyl (C=O) groups is 4. The number of ether oxygens (including phenoxy) is 1. The Morgan fingerprint density at radius 3 is 1.51 bits per heavy atom. The Hall–Kier alpha value is -4.92. The van der Waals surface area contributed by atoms with E-state index in [1.807, 2.05) is 19.1 Å². The highest BCUT2D eigenvalue weighted by atomic mass is 16.5. The molecule has 0 aliphatic heterocycles. The van der Waals surface area contributed by atoms with Gasteiger partial charge < -0.3 is 4.74 Å². The second-order valence-electron chi connectivity index (χ2n) is 9.92. The molecule has 0 aliphatic rings. The van der Waals surface area contributed by atoms with Gasteiger partial charge in [0, 0.05) is 16.7 Å². The van der Waals surface area contributed by atoms with Crippen molar-refractivity contribution >= 4 is 29.2 Å². The average molecular weight is 529 g/mol. The van der Waals surface area contributed by atoms with Crippen molar-refractivity contribution in [2.24, 2.45) is 0 Å². The van der Waals surface area contributed by atoms with Gasteiger partial charge in [-0.1, -0.05) is 57.2 Å². The van der Waals surface area contributed by atoms with Gasteiger partial charge in [-0.3, -0.25) is 40.9 Å². The van der Waals surface area contributed by atoms with Crippen LogP contribution in [0.2, 0.25) is 0 Å². The molecule has 0 aromatic heterocycles. The molecule has 0 heterocycles. The molecule has 0 fully saturated rings. The normalized spacial score (nSPS) is 10.7. The lowest BCUT2D eigenvalue weighted by molar-refractivity contribution is 0.0843. The summed E-state index contributed by atoms with van der Waals surface area (Å²) in [5.74, 6) is -2.12. The molecule has 0 bridgehead atoms. The third-order valence-electron chi connectivity index (χ3n) is 5.94. The Morgan fingerprint density at radius 1 is 0.641 bits per heavy atom. The van der Waals surface area contributed by atoms with E-state index >= 15 is 0 Å². The molecule has 3 rings (SSSR count). The number of hydrogen-bond acceptors (Lipinski definition) is 5. The molecule has 202 valence electrons. The van der Waals surface area contributed by atoms with Gasteiger partial charge in [0.05, 0.1) is 12.7 Å². The van der Waals surface area contributed by atoms with Gasteiger partial charge in [-0.15, -0.1) is 0 Å². The predicted octanol–water partition coefficient (Wildman–Crippen LogP) is 4.18. The third-order valence-corrected chi connectivity index (χ3v) is 5.94. The Kier molecular flexibility index (Phi) is 8.88. The van der Waals surface area contributed by atoms with E-state index in [2.05, 4.69) is 49.1 Å². The first-order valence-electron chi connectivity index (χ1n) is 12.2. The van der Waals surface area contributed by atoms with Crippen LogP contribution < -0.4 is 26.4 Å². The molecule has 4 N–H and O–H groups in total. The minimum absolute atomic E-state index is 0.0501. The number of allylic oxidation sites excluding steroid dienone is 1. The summed E-state index contributed by atoms with van der Waals surface area (Å²) in [5, 5.41) is 0. The molecule has 0 saturated carbocycles. The number of nitrogens with one attached hydrogen (secondary N) is 4. The SMILES string of the molecule is C=C(C)c1ccc(C(=O)NNC(=O)c2ccc(C(=O)NNC(=O)c3ccc(C(C)(C)C)cc3)c(OC)c2)cc1. The van der Waals surface area contributed by atoms with Crippen molar-refractivity contribution < 1.29 is 23.9 Å². The quantitative estimate of drug-likeness (QED) is 0.357. The van der Waals surface area contributed by atoms with Crippen molar-refractivity contribution in [3.63, 3.8) is 0 Å². The highest BCUT2D eigenvalue weighted by Gasteiger charge is 2.18. The number of hydrazine groups is 2. The van der Waals surface area contributed by atoms with Gasteiger partial charge in [0.1, 0.15) is 5.75 Å². The van der Waals surface area contributed by atoms with Gasteiger partial charge in [-0.05, 0) is 65.9 Å². The fourth-order valence-electron chi connectivity index (χ4n) is 3.56.